The van der Waals surface area contributed by atoms with E-state index in [1.54, 1.807) is 16.8 Å². The van der Waals surface area contributed by atoms with E-state index in [4.69, 9.17) is 9.84 Å². The Morgan fingerprint density at radius 3 is 2.29 bits per heavy atom. The van der Waals surface area contributed by atoms with E-state index in [1.165, 1.54) is 12.1 Å². The van der Waals surface area contributed by atoms with E-state index < -0.39 is 6.10 Å². The Hall–Kier alpha value is -3.48. The van der Waals surface area contributed by atoms with Crippen LogP contribution < -0.4 is 4.74 Å². The number of halogens is 1. The van der Waals surface area contributed by atoms with Gasteiger partial charge >= 0.3 is 0 Å². The minimum atomic E-state index is -0.498. The number of hydrogen-bond acceptors (Lipinski definition) is 4. The normalized spacial score (nSPS) is 12.1. The van der Waals surface area contributed by atoms with Crippen LogP contribution in [0.25, 0.3) is 11.3 Å². The first kappa shape index (κ1) is 24.6. The number of benzene rings is 3. The van der Waals surface area contributed by atoms with Gasteiger partial charge < -0.3 is 9.84 Å². The van der Waals surface area contributed by atoms with Crippen LogP contribution in [-0.2, 0) is 20.0 Å². The number of aliphatic hydroxyl groups is 1. The molecule has 0 amide bonds. The average Bonchev–Trinajstić information content (AvgIpc) is 3.16. The second-order valence-corrected chi connectivity index (χ2v) is 8.76. The predicted molar refractivity (Wildman–Crippen MR) is 137 cm³/mol. The number of rotatable bonds is 11. The summed E-state index contributed by atoms with van der Waals surface area (Å²) in [7, 11) is 1.85. The lowest BCUT2D eigenvalue weighted by atomic mass is 10.1. The molecule has 5 nitrogen and oxygen atoms in total. The van der Waals surface area contributed by atoms with Crippen molar-refractivity contribution < 1.29 is 14.2 Å². The van der Waals surface area contributed by atoms with Gasteiger partial charge in [-0.3, -0.25) is 4.90 Å². The summed E-state index contributed by atoms with van der Waals surface area (Å²) in [6, 6.07) is 26.0. The number of aliphatic hydroxyl groups excluding tert-OH is 1. The van der Waals surface area contributed by atoms with Gasteiger partial charge in [-0.2, -0.15) is 5.10 Å². The third kappa shape index (κ3) is 6.56. The molecule has 35 heavy (non-hydrogen) atoms. The number of aromatic nitrogens is 2. The molecule has 3 aromatic carbocycles. The molecule has 4 rings (SSSR count). The van der Waals surface area contributed by atoms with Gasteiger partial charge in [0.2, 0.25) is 5.88 Å². The second kappa shape index (κ2) is 11.8. The Morgan fingerprint density at radius 2 is 1.63 bits per heavy atom. The molecular weight excluding hydrogens is 441 g/mol. The third-order valence-corrected chi connectivity index (χ3v) is 5.87. The van der Waals surface area contributed by atoms with Crippen molar-refractivity contribution >= 4 is 0 Å². The van der Waals surface area contributed by atoms with Crippen LogP contribution in [0.15, 0.2) is 84.9 Å². The molecule has 1 unspecified atom stereocenters. The molecule has 0 saturated heterocycles. The van der Waals surface area contributed by atoms with E-state index in [2.05, 4.69) is 11.8 Å². The van der Waals surface area contributed by atoms with Gasteiger partial charge in [-0.15, -0.1) is 0 Å². The van der Waals surface area contributed by atoms with Crippen molar-refractivity contribution in [2.45, 2.75) is 32.4 Å². The Kier molecular flexibility index (Phi) is 8.29. The molecule has 0 saturated carbocycles. The highest BCUT2D eigenvalue weighted by atomic mass is 19.1. The smallest absolute Gasteiger partial charge is 0.222 e. The minimum Gasteiger partial charge on any atom is -0.439 e. The van der Waals surface area contributed by atoms with Crippen LogP contribution in [-0.4, -0.2) is 39.0 Å². The first-order chi connectivity index (χ1) is 17.0. The zero-order valence-electron chi connectivity index (χ0n) is 20.3. The summed E-state index contributed by atoms with van der Waals surface area (Å²) in [5.41, 5.74) is 3.88. The molecule has 0 spiro atoms. The van der Waals surface area contributed by atoms with Crippen molar-refractivity contribution in [3.05, 3.63) is 102 Å². The molecule has 0 radical (unpaired) electrons. The van der Waals surface area contributed by atoms with Gasteiger partial charge in [0, 0.05) is 25.7 Å². The van der Waals surface area contributed by atoms with Gasteiger partial charge in [-0.1, -0.05) is 67.6 Å². The molecule has 0 aliphatic rings. The number of nitrogens with zero attached hydrogens (tertiary/aromatic N) is 3. The van der Waals surface area contributed by atoms with E-state index in [-0.39, 0.29) is 5.82 Å². The maximum atomic E-state index is 13.4. The van der Waals surface area contributed by atoms with Crippen LogP contribution in [0.5, 0.6) is 11.6 Å². The van der Waals surface area contributed by atoms with Gasteiger partial charge in [-0.05, 0) is 49.2 Å². The molecular formula is C29H32FN3O2. The summed E-state index contributed by atoms with van der Waals surface area (Å²) in [4.78, 5) is 2.24. The third-order valence-electron chi connectivity index (χ3n) is 5.87. The highest BCUT2D eigenvalue weighted by Gasteiger charge is 2.23. The fourth-order valence-electron chi connectivity index (χ4n) is 4.29. The van der Waals surface area contributed by atoms with Crippen LogP contribution in [0.2, 0.25) is 0 Å². The fourth-order valence-corrected chi connectivity index (χ4v) is 4.29. The molecule has 1 N–H and O–H groups in total. The van der Waals surface area contributed by atoms with Crippen molar-refractivity contribution in [2.75, 3.05) is 13.1 Å². The molecule has 0 bridgehead atoms. The van der Waals surface area contributed by atoms with Crippen molar-refractivity contribution in [3.63, 3.8) is 0 Å². The Labute approximate surface area is 206 Å². The highest BCUT2D eigenvalue weighted by molar-refractivity contribution is 5.65. The summed E-state index contributed by atoms with van der Waals surface area (Å²) in [6.07, 6.45) is 1.05. The molecule has 0 fully saturated rings. The van der Waals surface area contributed by atoms with Crippen LogP contribution in [0.1, 0.15) is 24.5 Å². The van der Waals surface area contributed by atoms with E-state index in [0.717, 1.165) is 35.3 Å². The molecule has 6 heteroatoms. The molecule has 1 atom stereocenters. The van der Waals surface area contributed by atoms with Crippen LogP contribution in [0.4, 0.5) is 4.39 Å². The van der Waals surface area contributed by atoms with E-state index >= 15 is 0 Å². The van der Waals surface area contributed by atoms with Crippen LogP contribution in [0.3, 0.4) is 0 Å². The summed E-state index contributed by atoms with van der Waals surface area (Å²) in [5.74, 6) is 0.838. The molecule has 1 heterocycles. The highest BCUT2D eigenvalue weighted by Crippen LogP contribution is 2.34. The quantitative estimate of drug-likeness (QED) is 0.298. The zero-order valence-corrected chi connectivity index (χ0v) is 20.3. The SMILES string of the molecule is CCCN(Cc1c(-c2ccccc2)nn(C)c1Oc1ccc(F)cc1)CC(O)Cc1ccccc1. The van der Waals surface area contributed by atoms with E-state index in [0.29, 0.717) is 31.1 Å². The van der Waals surface area contributed by atoms with Gasteiger partial charge in [0.25, 0.3) is 0 Å². The zero-order chi connectivity index (χ0) is 24.6. The first-order valence-electron chi connectivity index (χ1n) is 12.0. The maximum absolute atomic E-state index is 13.4. The monoisotopic (exact) mass is 473 g/mol. The fraction of sp³-hybridized carbons (Fsp3) is 0.276. The van der Waals surface area contributed by atoms with Gasteiger partial charge in [0.15, 0.2) is 0 Å². The lowest BCUT2D eigenvalue weighted by Gasteiger charge is -2.25. The Morgan fingerprint density at radius 1 is 0.971 bits per heavy atom. The van der Waals surface area contributed by atoms with Crippen molar-refractivity contribution in [2.24, 2.45) is 7.05 Å². The number of ether oxygens (including phenoxy) is 1. The molecule has 1 aromatic heterocycles. The van der Waals surface area contributed by atoms with Gasteiger partial charge in [-0.25, -0.2) is 9.07 Å². The minimum absolute atomic E-state index is 0.311. The predicted octanol–water partition coefficient (Wildman–Crippen LogP) is 5.83. The van der Waals surface area contributed by atoms with E-state index in [9.17, 15) is 9.50 Å². The Bertz CT molecular complexity index is 1190. The van der Waals surface area contributed by atoms with Crippen molar-refractivity contribution in [1.29, 1.82) is 0 Å². The lowest BCUT2D eigenvalue weighted by Crippen LogP contribution is -2.34. The van der Waals surface area contributed by atoms with Gasteiger partial charge in [0.05, 0.1) is 11.7 Å². The summed E-state index contributed by atoms with van der Waals surface area (Å²) < 4.78 is 21.4. The molecule has 182 valence electrons. The summed E-state index contributed by atoms with van der Waals surface area (Å²) in [5, 5.41) is 15.7. The summed E-state index contributed by atoms with van der Waals surface area (Å²) in [6.45, 7) is 4.05. The maximum Gasteiger partial charge on any atom is 0.222 e. The first-order valence-corrected chi connectivity index (χ1v) is 12.0. The second-order valence-electron chi connectivity index (χ2n) is 8.76. The number of aryl methyl sites for hydroxylation is 1. The Balaban J connectivity index is 1.63. The summed E-state index contributed by atoms with van der Waals surface area (Å²) >= 11 is 0. The largest absolute Gasteiger partial charge is 0.439 e. The molecule has 0 aliphatic carbocycles. The standard InChI is InChI=1S/C29H32FN3O2/c1-3-18-33(20-25(34)19-22-10-6-4-7-11-22)21-27-28(23-12-8-5-9-13-23)31-32(2)29(27)35-26-16-14-24(30)15-17-26/h4-17,25,34H,3,18-21H2,1-2H3. The molecule has 0 aliphatic heterocycles. The van der Waals surface area contributed by atoms with Gasteiger partial charge in [0.1, 0.15) is 17.3 Å². The van der Waals surface area contributed by atoms with Crippen molar-refractivity contribution in [3.8, 4) is 22.9 Å². The van der Waals surface area contributed by atoms with E-state index in [1.807, 2.05) is 67.7 Å². The average molecular weight is 474 g/mol. The van der Waals surface area contributed by atoms with Crippen molar-refractivity contribution in [1.82, 2.24) is 14.7 Å². The number of hydrogen-bond donors (Lipinski definition) is 1. The lowest BCUT2D eigenvalue weighted by molar-refractivity contribution is 0.108. The van der Waals surface area contributed by atoms with Crippen LogP contribution >= 0.6 is 0 Å². The van der Waals surface area contributed by atoms with Crippen LogP contribution in [0, 0.1) is 5.82 Å². The topological polar surface area (TPSA) is 50.5 Å². The molecule has 4 aromatic rings.